The molecule has 1 aromatic carbocycles. The molecule has 1 amide bonds. The Morgan fingerprint density at radius 2 is 1.65 bits per heavy atom. The second-order valence-electron chi connectivity index (χ2n) is 9.76. The largest absolute Gasteiger partial charge is 0.341 e. The number of aryl methyl sites for hydroxylation is 1. The zero-order valence-electron chi connectivity index (χ0n) is 19.8. The van der Waals surface area contributed by atoms with Crippen LogP contribution in [-0.4, -0.2) is 71.0 Å². The van der Waals surface area contributed by atoms with Gasteiger partial charge < -0.3 is 9.80 Å². The number of piperazine rings is 1. The monoisotopic (exact) mass is 423 g/mol. The van der Waals surface area contributed by atoms with Gasteiger partial charge in [0, 0.05) is 56.6 Å². The van der Waals surface area contributed by atoms with Gasteiger partial charge in [-0.25, -0.2) is 9.97 Å². The first-order valence-electron chi connectivity index (χ1n) is 11.9. The molecule has 2 saturated heterocycles. The van der Waals surface area contributed by atoms with Gasteiger partial charge in [0.15, 0.2) is 0 Å². The van der Waals surface area contributed by atoms with E-state index in [9.17, 15) is 4.79 Å². The van der Waals surface area contributed by atoms with E-state index in [4.69, 9.17) is 9.97 Å². The standard InChI is InChI=1S/C25H37N5O/c1-17(2)21-6-7-23-22(16-21)19(5)26-25(27-23)30-10-8-20(9-11-30)24(31)29-14-12-28(13-15-29)18(3)4/h6-7,16-18,20H,8-15H2,1-5H3. The van der Waals surface area contributed by atoms with Gasteiger partial charge in [0.1, 0.15) is 0 Å². The molecule has 2 aliphatic heterocycles. The number of carbonyl (C=O) groups is 1. The molecule has 6 nitrogen and oxygen atoms in total. The lowest BCUT2D eigenvalue weighted by Crippen LogP contribution is -2.53. The lowest BCUT2D eigenvalue weighted by Gasteiger charge is -2.39. The number of hydrogen-bond acceptors (Lipinski definition) is 5. The van der Waals surface area contributed by atoms with Gasteiger partial charge in [-0.1, -0.05) is 19.9 Å². The molecule has 0 bridgehead atoms. The average Bonchev–Trinajstić information content (AvgIpc) is 2.78. The summed E-state index contributed by atoms with van der Waals surface area (Å²) in [4.78, 5) is 29.5. The summed E-state index contributed by atoms with van der Waals surface area (Å²) in [5, 5.41) is 1.14. The summed E-state index contributed by atoms with van der Waals surface area (Å²) in [5.41, 5.74) is 3.36. The maximum absolute atomic E-state index is 13.0. The van der Waals surface area contributed by atoms with Crippen molar-refractivity contribution < 1.29 is 4.79 Å². The highest BCUT2D eigenvalue weighted by Gasteiger charge is 2.31. The van der Waals surface area contributed by atoms with Gasteiger partial charge in [0.05, 0.1) is 11.2 Å². The molecule has 4 rings (SSSR count). The summed E-state index contributed by atoms with van der Waals surface area (Å²) in [6.07, 6.45) is 1.77. The molecular formula is C25H37N5O. The topological polar surface area (TPSA) is 52.6 Å². The quantitative estimate of drug-likeness (QED) is 0.748. The number of piperidine rings is 1. The van der Waals surface area contributed by atoms with Crippen LogP contribution in [0.2, 0.25) is 0 Å². The number of rotatable bonds is 4. The lowest BCUT2D eigenvalue weighted by molar-refractivity contribution is -0.138. The van der Waals surface area contributed by atoms with Crippen molar-refractivity contribution in [1.82, 2.24) is 19.8 Å². The number of anilines is 1. The Kier molecular flexibility index (Phi) is 6.47. The molecule has 0 N–H and O–H groups in total. The van der Waals surface area contributed by atoms with E-state index in [0.717, 1.165) is 74.7 Å². The summed E-state index contributed by atoms with van der Waals surface area (Å²) in [6.45, 7) is 16.4. The summed E-state index contributed by atoms with van der Waals surface area (Å²) in [7, 11) is 0. The fourth-order valence-corrected chi connectivity index (χ4v) is 4.83. The van der Waals surface area contributed by atoms with Crippen LogP contribution in [0.4, 0.5) is 5.95 Å². The first kappa shape index (κ1) is 22.0. The average molecular weight is 424 g/mol. The predicted molar refractivity (Wildman–Crippen MR) is 127 cm³/mol. The summed E-state index contributed by atoms with van der Waals surface area (Å²) >= 11 is 0. The van der Waals surface area contributed by atoms with Crippen LogP contribution in [0, 0.1) is 12.8 Å². The molecular weight excluding hydrogens is 386 g/mol. The highest BCUT2D eigenvalue weighted by molar-refractivity contribution is 5.83. The fraction of sp³-hybridized carbons (Fsp3) is 0.640. The minimum Gasteiger partial charge on any atom is -0.341 e. The molecule has 31 heavy (non-hydrogen) atoms. The number of amides is 1. The first-order chi connectivity index (χ1) is 14.8. The molecule has 0 unspecified atom stereocenters. The SMILES string of the molecule is Cc1nc(N2CCC(C(=O)N3CCN(C(C)C)CC3)CC2)nc2ccc(C(C)C)cc12. The van der Waals surface area contributed by atoms with Crippen LogP contribution >= 0.6 is 0 Å². The van der Waals surface area contributed by atoms with Gasteiger partial charge in [0.25, 0.3) is 0 Å². The van der Waals surface area contributed by atoms with E-state index < -0.39 is 0 Å². The van der Waals surface area contributed by atoms with Crippen LogP contribution in [0.25, 0.3) is 10.9 Å². The Balaban J connectivity index is 1.39. The zero-order valence-corrected chi connectivity index (χ0v) is 19.8. The van der Waals surface area contributed by atoms with Gasteiger partial charge in [-0.3, -0.25) is 9.69 Å². The Morgan fingerprint density at radius 3 is 2.26 bits per heavy atom. The summed E-state index contributed by atoms with van der Waals surface area (Å²) in [5.74, 6) is 1.78. The minimum absolute atomic E-state index is 0.136. The predicted octanol–water partition coefficient (Wildman–Crippen LogP) is 3.83. The number of aromatic nitrogens is 2. The van der Waals surface area contributed by atoms with Gasteiger partial charge >= 0.3 is 0 Å². The van der Waals surface area contributed by atoms with Crippen LogP contribution in [-0.2, 0) is 4.79 Å². The zero-order chi connectivity index (χ0) is 22.1. The number of benzene rings is 1. The van der Waals surface area contributed by atoms with Gasteiger partial charge in [-0.15, -0.1) is 0 Å². The Labute approximate surface area is 186 Å². The molecule has 2 aliphatic rings. The third-order valence-corrected chi connectivity index (χ3v) is 7.05. The van der Waals surface area contributed by atoms with Crippen molar-refractivity contribution in [1.29, 1.82) is 0 Å². The molecule has 3 heterocycles. The fourth-order valence-electron chi connectivity index (χ4n) is 4.83. The van der Waals surface area contributed by atoms with E-state index in [2.05, 4.69) is 67.5 Å². The van der Waals surface area contributed by atoms with Gasteiger partial charge in [0.2, 0.25) is 11.9 Å². The second kappa shape index (κ2) is 9.11. The molecule has 2 fully saturated rings. The number of fused-ring (bicyclic) bond motifs is 1. The lowest BCUT2D eigenvalue weighted by atomic mass is 9.95. The Hall–Kier alpha value is -2.21. The number of hydrogen-bond donors (Lipinski definition) is 0. The van der Waals surface area contributed by atoms with Crippen molar-refractivity contribution in [2.24, 2.45) is 5.92 Å². The molecule has 0 atom stereocenters. The van der Waals surface area contributed by atoms with Crippen LogP contribution < -0.4 is 4.90 Å². The Bertz CT molecular complexity index is 925. The molecule has 0 radical (unpaired) electrons. The number of nitrogens with zero attached hydrogens (tertiary/aromatic N) is 5. The van der Waals surface area contributed by atoms with Crippen molar-refractivity contribution in [2.45, 2.75) is 59.4 Å². The van der Waals surface area contributed by atoms with Crippen molar-refractivity contribution in [3.63, 3.8) is 0 Å². The third-order valence-electron chi connectivity index (χ3n) is 7.05. The smallest absolute Gasteiger partial charge is 0.226 e. The second-order valence-corrected chi connectivity index (χ2v) is 9.76. The van der Waals surface area contributed by atoms with E-state index >= 15 is 0 Å². The molecule has 1 aromatic heterocycles. The molecule has 0 aliphatic carbocycles. The third kappa shape index (κ3) is 4.69. The molecule has 0 saturated carbocycles. The van der Waals surface area contributed by atoms with Crippen LogP contribution in [0.15, 0.2) is 18.2 Å². The van der Waals surface area contributed by atoms with Crippen LogP contribution in [0.3, 0.4) is 0 Å². The first-order valence-corrected chi connectivity index (χ1v) is 11.9. The molecule has 6 heteroatoms. The van der Waals surface area contributed by atoms with E-state index in [1.165, 1.54) is 5.56 Å². The van der Waals surface area contributed by atoms with E-state index in [-0.39, 0.29) is 5.92 Å². The Morgan fingerprint density at radius 1 is 0.968 bits per heavy atom. The van der Waals surface area contributed by atoms with Crippen LogP contribution in [0.1, 0.15) is 57.7 Å². The van der Waals surface area contributed by atoms with E-state index in [1.807, 2.05) is 0 Å². The normalized spacial score (nSPS) is 19.1. The maximum Gasteiger partial charge on any atom is 0.226 e. The maximum atomic E-state index is 13.0. The molecule has 2 aromatic rings. The highest BCUT2D eigenvalue weighted by atomic mass is 16.2. The van der Waals surface area contributed by atoms with E-state index in [1.54, 1.807) is 0 Å². The van der Waals surface area contributed by atoms with E-state index in [0.29, 0.717) is 17.9 Å². The summed E-state index contributed by atoms with van der Waals surface area (Å²) in [6, 6.07) is 7.08. The van der Waals surface area contributed by atoms with Crippen molar-refractivity contribution in [3.8, 4) is 0 Å². The van der Waals surface area contributed by atoms with Gasteiger partial charge in [-0.2, -0.15) is 0 Å². The molecule has 0 spiro atoms. The highest BCUT2D eigenvalue weighted by Crippen LogP contribution is 2.27. The van der Waals surface area contributed by atoms with Crippen molar-refractivity contribution in [2.75, 3.05) is 44.2 Å². The van der Waals surface area contributed by atoms with Crippen molar-refractivity contribution >= 4 is 22.8 Å². The van der Waals surface area contributed by atoms with Crippen molar-refractivity contribution in [3.05, 3.63) is 29.5 Å². The summed E-state index contributed by atoms with van der Waals surface area (Å²) < 4.78 is 0. The van der Waals surface area contributed by atoms with Crippen LogP contribution in [0.5, 0.6) is 0 Å². The number of carbonyl (C=O) groups excluding carboxylic acids is 1. The van der Waals surface area contributed by atoms with Gasteiger partial charge in [-0.05, 0) is 57.2 Å². The minimum atomic E-state index is 0.136. The molecule has 168 valence electrons.